The minimum Gasteiger partial charge on any atom is -0.481 e. The summed E-state index contributed by atoms with van der Waals surface area (Å²) >= 11 is 0. The van der Waals surface area contributed by atoms with E-state index in [4.69, 9.17) is 5.11 Å². The summed E-state index contributed by atoms with van der Waals surface area (Å²) < 4.78 is 0. The highest BCUT2D eigenvalue weighted by Crippen LogP contribution is 2.17. The van der Waals surface area contributed by atoms with Crippen LogP contribution in [0.5, 0.6) is 0 Å². The number of rotatable bonds is 5. The SMILES string of the molecule is CNC(=O)c1cccc(C(=O)N(C)CC(=O)N2CCC(C(=O)O)CC2)c1. The normalized spacial score (nSPS) is 14.6. The molecule has 1 saturated heterocycles. The van der Waals surface area contributed by atoms with Crippen molar-refractivity contribution in [2.75, 3.05) is 33.7 Å². The minimum atomic E-state index is -0.833. The number of carbonyl (C=O) groups excluding carboxylic acids is 3. The highest BCUT2D eigenvalue weighted by molar-refractivity contribution is 6.00. The van der Waals surface area contributed by atoms with Gasteiger partial charge in [0.2, 0.25) is 5.91 Å². The Morgan fingerprint density at radius 1 is 1.19 bits per heavy atom. The summed E-state index contributed by atoms with van der Waals surface area (Å²) in [5, 5.41) is 11.5. The molecule has 1 aliphatic heterocycles. The molecular formula is C18H23N3O5. The van der Waals surface area contributed by atoms with Crippen LogP contribution < -0.4 is 5.32 Å². The fraction of sp³-hybridized carbons (Fsp3) is 0.444. The van der Waals surface area contributed by atoms with E-state index in [0.717, 1.165) is 0 Å². The van der Waals surface area contributed by atoms with E-state index in [2.05, 4.69) is 5.32 Å². The van der Waals surface area contributed by atoms with Gasteiger partial charge in [-0.05, 0) is 31.0 Å². The first kappa shape index (κ1) is 19.4. The number of aliphatic carboxylic acids is 1. The van der Waals surface area contributed by atoms with Gasteiger partial charge >= 0.3 is 5.97 Å². The molecule has 0 saturated carbocycles. The van der Waals surface area contributed by atoms with Crippen molar-refractivity contribution in [3.63, 3.8) is 0 Å². The van der Waals surface area contributed by atoms with Crippen LogP contribution in [0.25, 0.3) is 0 Å². The maximum atomic E-state index is 12.5. The first-order chi connectivity index (χ1) is 12.3. The van der Waals surface area contributed by atoms with Gasteiger partial charge in [0.15, 0.2) is 0 Å². The van der Waals surface area contributed by atoms with Crippen LogP contribution in [0.1, 0.15) is 33.6 Å². The molecule has 1 heterocycles. The van der Waals surface area contributed by atoms with Gasteiger partial charge < -0.3 is 20.2 Å². The molecule has 140 valence electrons. The van der Waals surface area contributed by atoms with Crippen molar-refractivity contribution >= 4 is 23.7 Å². The molecule has 0 radical (unpaired) electrons. The van der Waals surface area contributed by atoms with Crippen LogP contribution in [0.15, 0.2) is 24.3 Å². The summed E-state index contributed by atoms with van der Waals surface area (Å²) in [6.07, 6.45) is 0.847. The second-order valence-corrected chi connectivity index (χ2v) is 6.31. The van der Waals surface area contributed by atoms with Gasteiger partial charge in [-0.25, -0.2) is 0 Å². The molecular weight excluding hydrogens is 338 g/mol. The molecule has 8 heteroatoms. The van der Waals surface area contributed by atoms with E-state index in [1.165, 1.54) is 25.1 Å². The Balaban J connectivity index is 1.96. The number of likely N-dealkylation sites (tertiary alicyclic amines) is 1. The molecule has 1 aliphatic rings. The van der Waals surface area contributed by atoms with Crippen molar-refractivity contribution < 1.29 is 24.3 Å². The monoisotopic (exact) mass is 361 g/mol. The first-order valence-electron chi connectivity index (χ1n) is 8.41. The molecule has 1 aromatic carbocycles. The lowest BCUT2D eigenvalue weighted by molar-refractivity contribution is -0.145. The van der Waals surface area contributed by atoms with Crippen molar-refractivity contribution in [1.29, 1.82) is 0 Å². The maximum absolute atomic E-state index is 12.5. The lowest BCUT2D eigenvalue weighted by Gasteiger charge is -2.31. The molecule has 0 bridgehead atoms. The van der Waals surface area contributed by atoms with Gasteiger partial charge in [-0.15, -0.1) is 0 Å². The summed E-state index contributed by atoms with van der Waals surface area (Å²) in [4.78, 5) is 50.4. The van der Waals surface area contributed by atoms with E-state index in [1.807, 2.05) is 0 Å². The van der Waals surface area contributed by atoms with Gasteiger partial charge in [-0.1, -0.05) is 6.07 Å². The van der Waals surface area contributed by atoms with Crippen molar-refractivity contribution in [2.45, 2.75) is 12.8 Å². The van der Waals surface area contributed by atoms with E-state index < -0.39 is 11.9 Å². The number of hydrogen-bond acceptors (Lipinski definition) is 4. The predicted molar refractivity (Wildman–Crippen MR) is 93.7 cm³/mol. The van der Waals surface area contributed by atoms with Crippen LogP contribution in [-0.2, 0) is 9.59 Å². The van der Waals surface area contributed by atoms with Crippen LogP contribution >= 0.6 is 0 Å². The number of carboxylic acid groups (broad SMARTS) is 1. The van der Waals surface area contributed by atoms with E-state index in [9.17, 15) is 19.2 Å². The topological polar surface area (TPSA) is 107 Å². The second-order valence-electron chi connectivity index (χ2n) is 6.31. The number of amides is 3. The lowest BCUT2D eigenvalue weighted by Crippen LogP contribution is -2.45. The fourth-order valence-electron chi connectivity index (χ4n) is 2.91. The summed E-state index contributed by atoms with van der Waals surface area (Å²) in [5.74, 6) is -2.11. The Morgan fingerprint density at radius 3 is 2.38 bits per heavy atom. The summed E-state index contributed by atoms with van der Waals surface area (Å²) in [5.41, 5.74) is 0.694. The largest absolute Gasteiger partial charge is 0.481 e. The van der Waals surface area contributed by atoms with Gasteiger partial charge in [-0.3, -0.25) is 19.2 Å². The van der Waals surface area contributed by atoms with Gasteiger partial charge in [0.05, 0.1) is 12.5 Å². The molecule has 0 atom stereocenters. The highest BCUT2D eigenvalue weighted by atomic mass is 16.4. The second kappa shape index (κ2) is 8.46. The van der Waals surface area contributed by atoms with Gasteiger partial charge in [0.1, 0.15) is 0 Å². The summed E-state index contributed by atoms with van der Waals surface area (Å²) in [6.45, 7) is 0.661. The molecule has 26 heavy (non-hydrogen) atoms. The molecule has 0 unspecified atom stereocenters. The molecule has 8 nitrogen and oxygen atoms in total. The third-order valence-corrected chi connectivity index (χ3v) is 4.51. The van der Waals surface area contributed by atoms with Crippen LogP contribution in [-0.4, -0.2) is 72.3 Å². The predicted octanol–water partition coefficient (Wildman–Crippen LogP) is 0.441. The fourth-order valence-corrected chi connectivity index (χ4v) is 2.91. The Morgan fingerprint density at radius 2 is 1.81 bits per heavy atom. The number of nitrogens with one attached hydrogen (secondary N) is 1. The van der Waals surface area contributed by atoms with Crippen LogP contribution in [0, 0.1) is 5.92 Å². The zero-order chi connectivity index (χ0) is 19.3. The molecule has 2 rings (SSSR count). The number of piperidine rings is 1. The van der Waals surface area contributed by atoms with Gasteiger partial charge in [0.25, 0.3) is 11.8 Å². The zero-order valence-electron chi connectivity index (χ0n) is 14.9. The van der Waals surface area contributed by atoms with Crippen LogP contribution in [0.2, 0.25) is 0 Å². The minimum absolute atomic E-state index is 0.0965. The third kappa shape index (κ3) is 4.59. The maximum Gasteiger partial charge on any atom is 0.306 e. The Kier molecular flexibility index (Phi) is 6.32. The number of hydrogen-bond donors (Lipinski definition) is 2. The number of benzene rings is 1. The standard InChI is InChI=1S/C18H23N3O5/c1-19-16(23)13-4-3-5-14(10-13)17(24)20(2)11-15(22)21-8-6-12(7-9-21)18(25)26/h3-5,10,12H,6-9,11H2,1-2H3,(H,19,23)(H,25,26). The van der Waals surface area contributed by atoms with Gasteiger partial charge in [-0.2, -0.15) is 0 Å². The number of carbonyl (C=O) groups is 4. The Labute approximate surface area is 151 Å². The van der Waals surface area contributed by atoms with E-state index in [1.54, 1.807) is 23.1 Å². The Hall–Kier alpha value is -2.90. The van der Waals surface area contributed by atoms with Crippen molar-refractivity contribution in [2.24, 2.45) is 5.92 Å². The summed E-state index contributed by atoms with van der Waals surface area (Å²) in [6, 6.07) is 6.30. The highest BCUT2D eigenvalue weighted by Gasteiger charge is 2.28. The van der Waals surface area contributed by atoms with E-state index in [0.29, 0.717) is 37.1 Å². The smallest absolute Gasteiger partial charge is 0.306 e. The van der Waals surface area contributed by atoms with E-state index in [-0.39, 0.29) is 24.3 Å². The molecule has 0 aromatic heterocycles. The van der Waals surface area contributed by atoms with Crippen molar-refractivity contribution in [3.8, 4) is 0 Å². The molecule has 2 N–H and O–H groups in total. The first-order valence-corrected chi connectivity index (χ1v) is 8.41. The number of nitrogens with zero attached hydrogens (tertiary/aromatic N) is 2. The average molecular weight is 361 g/mol. The molecule has 3 amide bonds. The molecule has 1 aromatic rings. The van der Waals surface area contributed by atoms with Crippen molar-refractivity contribution in [3.05, 3.63) is 35.4 Å². The van der Waals surface area contributed by atoms with Crippen molar-refractivity contribution in [1.82, 2.24) is 15.1 Å². The summed E-state index contributed by atoms with van der Waals surface area (Å²) in [7, 11) is 3.03. The molecule has 0 aliphatic carbocycles. The molecule has 0 spiro atoms. The van der Waals surface area contributed by atoms with Crippen LogP contribution in [0.3, 0.4) is 0 Å². The van der Waals surface area contributed by atoms with E-state index >= 15 is 0 Å². The van der Waals surface area contributed by atoms with Gasteiger partial charge in [0, 0.05) is 38.3 Å². The third-order valence-electron chi connectivity index (χ3n) is 4.51. The molecule has 1 fully saturated rings. The zero-order valence-corrected chi connectivity index (χ0v) is 14.9. The van der Waals surface area contributed by atoms with Crippen LogP contribution in [0.4, 0.5) is 0 Å². The average Bonchev–Trinajstić information content (AvgIpc) is 2.66. The Bertz CT molecular complexity index is 711. The number of carboxylic acids is 1. The number of likely N-dealkylation sites (N-methyl/N-ethyl adjacent to an activating group) is 1. The lowest BCUT2D eigenvalue weighted by atomic mass is 9.97. The quantitative estimate of drug-likeness (QED) is 0.791.